The van der Waals surface area contributed by atoms with Crippen molar-refractivity contribution in [2.45, 2.75) is 31.9 Å². The number of ether oxygens (including phenoxy) is 1. The third-order valence-electron chi connectivity index (χ3n) is 5.35. The van der Waals surface area contributed by atoms with Crippen molar-refractivity contribution in [3.63, 3.8) is 0 Å². The minimum atomic E-state index is -0.250. The Balaban J connectivity index is 1.28. The number of aromatic nitrogens is 2. The zero-order valence-electron chi connectivity index (χ0n) is 15.7. The molecule has 2 aromatic rings. The Bertz CT molecular complexity index is 807. The second-order valence-electron chi connectivity index (χ2n) is 7.37. The molecule has 0 saturated carbocycles. The van der Waals surface area contributed by atoms with Crippen molar-refractivity contribution < 1.29 is 14.3 Å². The van der Waals surface area contributed by atoms with E-state index in [1.165, 1.54) is 0 Å². The molecule has 2 amide bonds. The summed E-state index contributed by atoms with van der Waals surface area (Å²) in [7, 11) is 0. The normalized spacial score (nSPS) is 20.4. The largest absolute Gasteiger partial charge is 0.489 e. The molecule has 0 radical (unpaired) electrons. The summed E-state index contributed by atoms with van der Waals surface area (Å²) in [6.45, 7) is 2.32. The number of piperidine rings is 1. The van der Waals surface area contributed by atoms with E-state index >= 15 is 0 Å². The van der Waals surface area contributed by atoms with Gasteiger partial charge in [-0.25, -0.2) is 0 Å². The number of carbonyl (C=O) groups is 2. The third kappa shape index (κ3) is 4.30. The van der Waals surface area contributed by atoms with Crippen LogP contribution < -0.4 is 4.74 Å². The van der Waals surface area contributed by atoms with Gasteiger partial charge in [-0.15, -0.1) is 0 Å². The highest BCUT2D eigenvalue weighted by Gasteiger charge is 2.37. The SMILES string of the molecule is O=C1CC(C(=O)N2CCC(Oc3cccnc3)CC2)CN1Cc1cccnc1. The minimum Gasteiger partial charge on any atom is -0.489 e. The summed E-state index contributed by atoms with van der Waals surface area (Å²) >= 11 is 0. The van der Waals surface area contributed by atoms with Crippen LogP contribution in [0.25, 0.3) is 0 Å². The number of rotatable bonds is 5. The first-order valence-electron chi connectivity index (χ1n) is 9.71. The zero-order valence-corrected chi connectivity index (χ0v) is 15.7. The second-order valence-corrected chi connectivity index (χ2v) is 7.37. The fraction of sp³-hybridized carbons (Fsp3) is 0.429. The Labute approximate surface area is 164 Å². The lowest BCUT2D eigenvalue weighted by Gasteiger charge is -2.33. The summed E-state index contributed by atoms with van der Waals surface area (Å²) in [5.74, 6) is 0.638. The van der Waals surface area contributed by atoms with Crippen LogP contribution in [0.2, 0.25) is 0 Å². The van der Waals surface area contributed by atoms with Crippen LogP contribution in [0, 0.1) is 5.92 Å². The van der Waals surface area contributed by atoms with Gasteiger partial charge in [0.1, 0.15) is 11.9 Å². The van der Waals surface area contributed by atoms with Gasteiger partial charge in [-0.1, -0.05) is 6.07 Å². The van der Waals surface area contributed by atoms with Gasteiger partial charge in [0.2, 0.25) is 11.8 Å². The van der Waals surface area contributed by atoms with Gasteiger partial charge >= 0.3 is 0 Å². The molecule has 1 atom stereocenters. The molecule has 2 aliphatic heterocycles. The van der Waals surface area contributed by atoms with E-state index in [9.17, 15) is 9.59 Å². The van der Waals surface area contributed by atoms with Crippen LogP contribution in [0.1, 0.15) is 24.8 Å². The molecular weight excluding hydrogens is 356 g/mol. The third-order valence-corrected chi connectivity index (χ3v) is 5.35. The number of carbonyl (C=O) groups excluding carboxylic acids is 2. The van der Waals surface area contributed by atoms with Gasteiger partial charge in [0.25, 0.3) is 0 Å². The molecule has 0 aliphatic carbocycles. The Kier molecular flexibility index (Phi) is 5.50. The maximum Gasteiger partial charge on any atom is 0.227 e. The quantitative estimate of drug-likeness (QED) is 0.792. The molecule has 7 heteroatoms. The maximum atomic E-state index is 12.9. The molecular formula is C21H24N4O3. The predicted molar refractivity (Wildman–Crippen MR) is 102 cm³/mol. The molecule has 28 heavy (non-hydrogen) atoms. The lowest BCUT2D eigenvalue weighted by Crippen LogP contribution is -2.44. The van der Waals surface area contributed by atoms with Crippen molar-refractivity contribution in [1.29, 1.82) is 0 Å². The van der Waals surface area contributed by atoms with Crippen molar-refractivity contribution in [2.75, 3.05) is 19.6 Å². The van der Waals surface area contributed by atoms with Crippen LogP contribution in [0.15, 0.2) is 49.1 Å². The Morgan fingerprint density at radius 3 is 2.54 bits per heavy atom. The van der Waals surface area contributed by atoms with E-state index in [1.54, 1.807) is 29.7 Å². The van der Waals surface area contributed by atoms with E-state index in [0.29, 0.717) is 32.6 Å². The number of amides is 2. The molecule has 4 rings (SSSR count). The van der Waals surface area contributed by atoms with Crippen LogP contribution in [0.5, 0.6) is 5.75 Å². The highest BCUT2D eigenvalue weighted by Crippen LogP contribution is 2.25. The predicted octanol–water partition coefficient (Wildman–Crippen LogP) is 1.90. The summed E-state index contributed by atoms with van der Waals surface area (Å²) in [4.78, 5) is 37.0. The Morgan fingerprint density at radius 1 is 1.11 bits per heavy atom. The summed E-state index contributed by atoms with van der Waals surface area (Å²) in [5.41, 5.74) is 0.984. The molecule has 2 aromatic heterocycles. The smallest absolute Gasteiger partial charge is 0.227 e. The standard InChI is InChI=1S/C21H24N4O3/c26-20-11-17(15-25(20)14-16-3-1-7-22-12-16)21(27)24-9-5-18(6-10-24)28-19-4-2-8-23-13-19/h1-4,7-8,12-13,17-18H,5-6,9-11,14-15H2. The van der Waals surface area contributed by atoms with E-state index < -0.39 is 0 Å². The Morgan fingerprint density at radius 2 is 1.86 bits per heavy atom. The van der Waals surface area contributed by atoms with Crippen LogP contribution in [0.3, 0.4) is 0 Å². The van der Waals surface area contributed by atoms with Crippen molar-refractivity contribution in [3.8, 4) is 5.75 Å². The average Bonchev–Trinajstić information content (AvgIpc) is 3.10. The van der Waals surface area contributed by atoms with E-state index in [1.807, 2.05) is 29.2 Å². The number of hydrogen-bond donors (Lipinski definition) is 0. The van der Waals surface area contributed by atoms with Crippen LogP contribution in [0.4, 0.5) is 0 Å². The molecule has 2 saturated heterocycles. The van der Waals surface area contributed by atoms with Gasteiger partial charge < -0.3 is 14.5 Å². The number of nitrogens with zero attached hydrogens (tertiary/aromatic N) is 4. The lowest BCUT2D eigenvalue weighted by molar-refractivity contribution is -0.137. The first-order chi connectivity index (χ1) is 13.7. The summed E-state index contributed by atoms with van der Waals surface area (Å²) in [6.07, 6.45) is 8.87. The molecule has 7 nitrogen and oxygen atoms in total. The number of hydrogen-bond acceptors (Lipinski definition) is 5. The molecule has 146 valence electrons. The molecule has 0 N–H and O–H groups in total. The van der Waals surface area contributed by atoms with E-state index in [-0.39, 0.29) is 23.8 Å². The highest BCUT2D eigenvalue weighted by molar-refractivity contribution is 5.89. The van der Waals surface area contributed by atoms with E-state index in [4.69, 9.17) is 4.74 Å². The van der Waals surface area contributed by atoms with Crippen molar-refractivity contribution in [3.05, 3.63) is 54.6 Å². The van der Waals surface area contributed by atoms with Gasteiger partial charge in [-0.2, -0.15) is 0 Å². The van der Waals surface area contributed by atoms with Gasteiger partial charge in [0.15, 0.2) is 0 Å². The number of likely N-dealkylation sites (tertiary alicyclic amines) is 2. The Hall–Kier alpha value is -2.96. The molecule has 0 aromatic carbocycles. The highest BCUT2D eigenvalue weighted by atomic mass is 16.5. The van der Waals surface area contributed by atoms with Crippen LogP contribution in [-0.2, 0) is 16.1 Å². The molecule has 2 aliphatic rings. The zero-order chi connectivity index (χ0) is 19.3. The topological polar surface area (TPSA) is 75.6 Å². The van der Waals surface area contributed by atoms with Crippen LogP contribution >= 0.6 is 0 Å². The van der Waals surface area contributed by atoms with Crippen molar-refractivity contribution >= 4 is 11.8 Å². The van der Waals surface area contributed by atoms with Gasteiger partial charge in [-0.3, -0.25) is 19.6 Å². The molecule has 0 spiro atoms. The molecule has 0 bridgehead atoms. The molecule has 1 unspecified atom stereocenters. The first-order valence-corrected chi connectivity index (χ1v) is 9.71. The summed E-state index contributed by atoms with van der Waals surface area (Å²) in [5, 5.41) is 0. The first kappa shape index (κ1) is 18.4. The number of pyridine rings is 2. The van der Waals surface area contributed by atoms with Gasteiger partial charge in [-0.05, 0) is 23.8 Å². The molecule has 4 heterocycles. The van der Waals surface area contributed by atoms with E-state index in [2.05, 4.69) is 9.97 Å². The average molecular weight is 380 g/mol. The molecule has 2 fully saturated rings. The minimum absolute atomic E-state index is 0.0389. The lowest BCUT2D eigenvalue weighted by atomic mass is 10.0. The summed E-state index contributed by atoms with van der Waals surface area (Å²) in [6, 6.07) is 7.55. The fourth-order valence-corrected chi connectivity index (χ4v) is 3.86. The monoisotopic (exact) mass is 380 g/mol. The second kappa shape index (κ2) is 8.37. The van der Waals surface area contributed by atoms with Gasteiger partial charge in [0.05, 0.1) is 12.1 Å². The van der Waals surface area contributed by atoms with E-state index in [0.717, 1.165) is 24.2 Å². The maximum absolute atomic E-state index is 12.9. The van der Waals surface area contributed by atoms with Crippen molar-refractivity contribution in [1.82, 2.24) is 19.8 Å². The van der Waals surface area contributed by atoms with Gasteiger partial charge in [0, 0.05) is 64.0 Å². The fourth-order valence-electron chi connectivity index (χ4n) is 3.86. The van der Waals surface area contributed by atoms with Crippen molar-refractivity contribution in [2.24, 2.45) is 5.92 Å². The summed E-state index contributed by atoms with van der Waals surface area (Å²) < 4.78 is 5.94. The van der Waals surface area contributed by atoms with Crippen LogP contribution in [-0.4, -0.2) is 57.3 Å².